The lowest BCUT2D eigenvalue weighted by molar-refractivity contribution is 0.0944. The second kappa shape index (κ2) is 8.86. The molecule has 0 saturated carbocycles. The lowest BCUT2D eigenvalue weighted by atomic mass is 10.2. The average molecular weight is 340 g/mol. The number of carbonyl (C=O) groups excluding carboxylic acids is 2. The van der Waals surface area contributed by atoms with Crippen LogP contribution < -0.4 is 5.32 Å². The molecule has 0 aliphatic heterocycles. The highest BCUT2D eigenvalue weighted by Crippen LogP contribution is 2.15. The smallest absolute Gasteiger partial charge is 0.319 e. The minimum absolute atomic E-state index is 0.0419. The monoisotopic (exact) mass is 340 g/mol. The number of carbonyl (C=O) groups is 2. The van der Waals surface area contributed by atoms with E-state index in [0.717, 1.165) is 5.01 Å². The van der Waals surface area contributed by atoms with Gasteiger partial charge in [0.05, 0.1) is 6.54 Å². The van der Waals surface area contributed by atoms with Crippen LogP contribution in [0.2, 0.25) is 0 Å². The maximum Gasteiger partial charge on any atom is 0.319 e. The summed E-state index contributed by atoms with van der Waals surface area (Å²) in [5, 5.41) is 5.38. The van der Waals surface area contributed by atoms with Crippen molar-refractivity contribution in [3.05, 3.63) is 16.1 Å². The van der Waals surface area contributed by atoms with Crippen molar-refractivity contribution in [2.75, 3.05) is 27.2 Å². The van der Waals surface area contributed by atoms with Gasteiger partial charge in [0.1, 0.15) is 10.7 Å². The quantitative estimate of drug-likeness (QED) is 0.830. The van der Waals surface area contributed by atoms with Crippen molar-refractivity contribution in [1.82, 2.24) is 20.1 Å². The molecule has 0 radical (unpaired) electrons. The highest BCUT2D eigenvalue weighted by molar-refractivity contribution is 7.09. The van der Waals surface area contributed by atoms with Crippen LogP contribution in [0.1, 0.15) is 43.2 Å². The molecule has 0 aliphatic carbocycles. The van der Waals surface area contributed by atoms with Gasteiger partial charge in [-0.1, -0.05) is 27.7 Å². The van der Waals surface area contributed by atoms with Crippen LogP contribution in [0, 0.1) is 11.8 Å². The van der Waals surface area contributed by atoms with E-state index in [1.54, 1.807) is 29.3 Å². The van der Waals surface area contributed by atoms with Crippen LogP contribution in [0.4, 0.5) is 4.79 Å². The molecule has 1 heterocycles. The molecule has 23 heavy (non-hydrogen) atoms. The predicted octanol–water partition coefficient (Wildman–Crippen LogP) is 2.67. The third-order valence-electron chi connectivity index (χ3n) is 3.02. The van der Waals surface area contributed by atoms with Gasteiger partial charge in [-0.3, -0.25) is 4.79 Å². The highest BCUT2D eigenvalue weighted by atomic mass is 32.1. The molecule has 6 nitrogen and oxygen atoms in total. The molecule has 130 valence electrons. The maximum atomic E-state index is 12.3. The zero-order chi connectivity index (χ0) is 17.6. The molecule has 1 aromatic rings. The van der Waals surface area contributed by atoms with E-state index in [0.29, 0.717) is 37.2 Å². The number of nitrogens with one attached hydrogen (secondary N) is 1. The van der Waals surface area contributed by atoms with Crippen LogP contribution in [0.3, 0.4) is 0 Å². The minimum Gasteiger partial charge on any atom is -0.350 e. The van der Waals surface area contributed by atoms with Gasteiger partial charge in [0, 0.05) is 32.6 Å². The third-order valence-corrected chi connectivity index (χ3v) is 3.85. The minimum atomic E-state index is -0.157. The largest absolute Gasteiger partial charge is 0.350 e. The number of hydrogen-bond acceptors (Lipinski definition) is 4. The van der Waals surface area contributed by atoms with Crippen molar-refractivity contribution in [2.24, 2.45) is 11.8 Å². The van der Waals surface area contributed by atoms with Gasteiger partial charge in [0.15, 0.2) is 0 Å². The zero-order valence-electron chi connectivity index (χ0n) is 14.9. The van der Waals surface area contributed by atoms with Gasteiger partial charge in [-0.2, -0.15) is 0 Å². The van der Waals surface area contributed by atoms with E-state index in [2.05, 4.69) is 24.1 Å². The van der Waals surface area contributed by atoms with Crippen molar-refractivity contribution >= 4 is 23.3 Å². The van der Waals surface area contributed by atoms with Crippen LogP contribution in [-0.4, -0.2) is 53.9 Å². The van der Waals surface area contributed by atoms with Gasteiger partial charge in [0.25, 0.3) is 5.91 Å². The van der Waals surface area contributed by atoms with Crippen LogP contribution >= 0.6 is 11.3 Å². The number of nitrogens with zero attached hydrogens (tertiary/aromatic N) is 3. The zero-order valence-corrected chi connectivity index (χ0v) is 15.7. The first-order chi connectivity index (χ1) is 10.7. The van der Waals surface area contributed by atoms with E-state index in [1.807, 2.05) is 13.8 Å². The fraction of sp³-hybridized carbons (Fsp3) is 0.688. The molecule has 1 N–H and O–H groups in total. The molecule has 0 atom stereocenters. The molecular weight excluding hydrogens is 312 g/mol. The van der Waals surface area contributed by atoms with Gasteiger partial charge >= 0.3 is 6.03 Å². The Hall–Kier alpha value is -1.63. The van der Waals surface area contributed by atoms with E-state index in [-0.39, 0.29) is 11.9 Å². The van der Waals surface area contributed by atoms with Crippen molar-refractivity contribution in [1.29, 1.82) is 0 Å². The summed E-state index contributed by atoms with van der Waals surface area (Å²) in [6, 6.07) is -0.0419. The molecule has 0 fully saturated rings. The van der Waals surface area contributed by atoms with Crippen LogP contribution in [-0.2, 0) is 6.54 Å². The van der Waals surface area contributed by atoms with Gasteiger partial charge in [-0.05, 0) is 11.8 Å². The first-order valence-corrected chi connectivity index (χ1v) is 8.77. The number of urea groups is 1. The summed E-state index contributed by atoms with van der Waals surface area (Å²) in [6.07, 6.45) is 0. The Morgan fingerprint density at radius 1 is 1.22 bits per heavy atom. The Morgan fingerprint density at radius 3 is 2.39 bits per heavy atom. The van der Waals surface area contributed by atoms with E-state index in [1.165, 1.54) is 11.3 Å². The maximum absolute atomic E-state index is 12.3. The van der Waals surface area contributed by atoms with E-state index < -0.39 is 0 Å². The van der Waals surface area contributed by atoms with Crippen molar-refractivity contribution in [3.8, 4) is 0 Å². The summed E-state index contributed by atoms with van der Waals surface area (Å²) in [5.74, 6) is 0.611. The molecule has 0 bridgehead atoms. The molecule has 0 aromatic carbocycles. The SMILES string of the molecule is CC(C)CNC(=O)c1csc(CN(CC(C)C)C(=O)N(C)C)n1. The Balaban J connectivity index is 2.74. The summed E-state index contributed by atoms with van der Waals surface area (Å²) in [6.45, 7) is 9.95. The van der Waals surface area contributed by atoms with Gasteiger partial charge in [-0.15, -0.1) is 11.3 Å². The fourth-order valence-corrected chi connectivity index (χ4v) is 2.76. The van der Waals surface area contributed by atoms with Gasteiger partial charge in [-0.25, -0.2) is 9.78 Å². The molecular formula is C16H28N4O2S. The molecule has 0 saturated heterocycles. The summed E-state index contributed by atoms with van der Waals surface area (Å²) in [7, 11) is 3.48. The molecule has 1 rings (SSSR count). The van der Waals surface area contributed by atoms with Crippen molar-refractivity contribution in [3.63, 3.8) is 0 Å². The lowest BCUT2D eigenvalue weighted by Crippen LogP contribution is -2.40. The Kier molecular flexibility index (Phi) is 7.48. The van der Waals surface area contributed by atoms with Crippen LogP contribution in [0.15, 0.2) is 5.38 Å². The standard InChI is InChI=1S/C16H28N4O2S/c1-11(2)7-17-15(21)13-10-23-14(18-13)9-20(8-12(3)4)16(22)19(5)6/h10-12H,7-9H2,1-6H3,(H,17,21). The summed E-state index contributed by atoms with van der Waals surface area (Å²) < 4.78 is 0. The summed E-state index contributed by atoms with van der Waals surface area (Å²) >= 11 is 1.41. The highest BCUT2D eigenvalue weighted by Gasteiger charge is 2.19. The van der Waals surface area contributed by atoms with E-state index in [4.69, 9.17) is 0 Å². The Morgan fingerprint density at radius 2 is 1.87 bits per heavy atom. The van der Waals surface area contributed by atoms with Crippen LogP contribution in [0.5, 0.6) is 0 Å². The van der Waals surface area contributed by atoms with Crippen LogP contribution in [0.25, 0.3) is 0 Å². The van der Waals surface area contributed by atoms with E-state index in [9.17, 15) is 9.59 Å². The molecule has 0 spiro atoms. The number of aromatic nitrogens is 1. The number of amides is 3. The molecule has 7 heteroatoms. The second-order valence-corrected chi connectivity index (χ2v) is 7.62. The molecule has 0 aliphatic rings. The topological polar surface area (TPSA) is 65.5 Å². The number of thiazole rings is 1. The summed E-state index contributed by atoms with van der Waals surface area (Å²) in [4.78, 5) is 32.0. The van der Waals surface area contributed by atoms with E-state index >= 15 is 0 Å². The number of rotatable bonds is 7. The van der Waals surface area contributed by atoms with Crippen molar-refractivity contribution < 1.29 is 9.59 Å². The van der Waals surface area contributed by atoms with Gasteiger partial charge < -0.3 is 15.1 Å². The fourth-order valence-electron chi connectivity index (χ4n) is 1.97. The number of hydrogen-bond donors (Lipinski definition) is 1. The third kappa shape index (κ3) is 6.56. The Bertz CT molecular complexity index is 526. The normalized spacial score (nSPS) is 11.0. The molecule has 1 aromatic heterocycles. The molecule has 0 unspecified atom stereocenters. The van der Waals surface area contributed by atoms with Gasteiger partial charge in [0.2, 0.25) is 0 Å². The second-order valence-electron chi connectivity index (χ2n) is 6.68. The summed E-state index contributed by atoms with van der Waals surface area (Å²) in [5.41, 5.74) is 0.424. The van der Waals surface area contributed by atoms with Crippen molar-refractivity contribution in [2.45, 2.75) is 34.2 Å². The first kappa shape index (κ1) is 19.4. The lowest BCUT2D eigenvalue weighted by Gasteiger charge is -2.26. The predicted molar refractivity (Wildman–Crippen MR) is 93.6 cm³/mol. The average Bonchev–Trinajstić information content (AvgIpc) is 2.91. The Labute approximate surface area is 142 Å². The molecule has 3 amide bonds. The first-order valence-electron chi connectivity index (χ1n) is 7.89.